The molecule has 1 saturated heterocycles. The maximum atomic E-state index is 4.87. The van der Waals surface area contributed by atoms with Crippen molar-refractivity contribution >= 4 is 32.5 Å². The molecule has 5 rings (SSSR count). The Morgan fingerprint density at radius 2 is 2.15 bits per heavy atom. The largest absolute Gasteiger partial charge is 0.353 e. The molecule has 1 aromatic carbocycles. The predicted octanol–water partition coefficient (Wildman–Crippen LogP) is 5.47. The topological polar surface area (TPSA) is 31.9 Å². The lowest BCUT2D eigenvalue weighted by Crippen LogP contribution is -2.28. The van der Waals surface area contributed by atoms with Crippen LogP contribution in [0.5, 0.6) is 0 Å². The first-order chi connectivity index (χ1) is 12.8. The number of nitrogens with one attached hydrogen (secondary N) is 1. The highest BCUT2D eigenvalue weighted by molar-refractivity contribution is 7.17. The molecule has 4 aromatic rings. The Morgan fingerprint density at radius 3 is 3.00 bits per heavy atom. The number of likely N-dealkylation sites (tertiary alicyclic amines) is 1. The fourth-order valence-corrected chi connectivity index (χ4v) is 4.85. The molecule has 0 spiro atoms. The number of aromatic amines is 1. The second kappa shape index (κ2) is 6.53. The SMILES string of the molecule is C[C@@H]1CCCN1CCc1ccc2nc(-c3cc4sccc4[nH]3)ccc2c1. The molecule has 1 fully saturated rings. The van der Waals surface area contributed by atoms with Crippen LogP contribution in [0.15, 0.2) is 47.8 Å². The normalized spacial score (nSPS) is 18.3. The average molecular weight is 362 g/mol. The number of fused-ring (bicyclic) bond motifs is 2. The number of pyridine rings is 1. The van der Waals surface area contributed by atoms with Gasteiger partial charge in [0, 0.05) is 18.0 Å². The van der Waals surface area contributed by atoms with Gasteiger partial charge in [-0.1, -0.05) is 12.1 Å². The highest BCUT2D eigenvalue weighted by atomic mass is 32.1. The van der Waals surface area contributed by atoms with Gasteiger partial charge in [0.25, 0.3) is 0 Å². The van der Waals surface area contributed by atoms with Crippen molar-refractivity contribution in [1.82, 2.24) is 14.9 Å². The van der Waals surface area contributed by atoms with E-state index >= 15 is 0 Å². The fourth-order valence-electron chi connectivity index (χ4n) is 4.06. The van der Waals surface area contributed by atoms with Crippen molar-refractivity contribution in [2.24, 2.45) is 0 Å². The molecule has 3 nitrogen and oxygen atoms in total. The molecule has 1 atom stereocenters. The van der Waals surface area contributed by atoms with Crippen molar-refractivity contribution in [2.75, 3.05) is 13.1 Å². The van der Waals surface area contributed by atoms with Crippen molar-refractivity contribution in [3.8, 4) is 11.4 Å². The van der Waals surface area contributed by atoms with Crippen molar-refractivity contribution in [3.63, 3.8) is 0 Å². The highest BCUT2D eigenvalue weighted by Gasteiger charge is 2.19. The van der Waals surface area contributed by atoms with E-state index < -0.39 is 0 Å². The van der Waals surface area contributed by atoms with E-state index in [0.717, 1.165) is 35.9 Å². The number of benzene rings is 1. The first kappa shape index (κ1) is 16.0. The first-order valence-corrected chi connectivity index (χ1v) is 10.3. The lowest BCUT2D eigenvalue weighted by molar-refractivity contribution is 0.272. The van der Waals surface area contributed by atoms with Gasteiger partial charge in [-0.25, -0.2) is 4.98 Å². The smallest absolute Gasteiger partial charge is 0.0872 e. The molecule has 1 aliphatic rings. The predicted molar refractivity (Wildman–Crippen MR) is 111 cm³/mol. The van der Waals surface area contributed by atoms with Gasteiger partial charge in [-0.15, -0.1) is 11.3 Å². The quantitative estimate of drug-likeness (QED) is 0.522. The minimum absolute atomic E-state index is 0.745. The van der Waals surface area contributed by atoms with Crippen LogP contribution in [0.1, 0.15) is 25.3 Å². The summed E-state index contributed by atoms with van der Waals surface area (Å²) in [4.78, 5) is 11.0. The zero-order valence-corrected chi connectivity index (χ0v) is 15.9. The fraction of sp³-hybridized carbons (Fsp3) is 0.318. The van der Waals surface area contributed by atoms with E-state index in [4.69, 9.17) is 4.98 Å². The van der Waals surface area contributed by atoms with E-state index in [1.165, 1.54) is 40.6 Å². The highest BCUT2D eigenvalue weighted by Crippen LogP contribution is 2.28. The summed E-state index contributed by atoms with van der Waals surface area (Å²) in [5.41, 5.74) is 5.78. The molecular formula is C22H23N3S. The van der Waals surface area contributed by atoms with Crippen LogP contribution in [0, 0.1) is 0 Å². The lowest BCUT2D eigenvalue weighted by atomic mass is 10.1. The Kier molecular flexibility index (Phi) is 4.03. The van der Waals surface area contributed by atoms with E-state index in [2.05, 4.69) is 64.7 Å². The Morgan fingerprint density at radius 1 is 1.19 bits per heavy atom. The third-order valence-electron chi connectivity index (χ3n) is 5.65. The molecule has 0 aliphatic carbocycles. The van der Waals surface area contributed by atoms with Gasteiger partial charge in [-0.2, -0.15) is 0 Å². The molecule has 0 radical (unpaired) electrons. The molecule has 1 N–H and O–H groups in total. The molecule has 132 valence electrons. The second-order valence-corrected chi connectivity index (χ2v) is 8.33. The summed E-state index contributed by atoms with van der Waals surface area (Å²) < 4.78 is 1.29. The van der Waals surface area contributed by atoms with Crippen LogP contribution in [-0.2, 0) is 6.42 Å². The molecule has 4 heterocycles. The number of aromatic nitrogens is 2. The summed E-state index contributed by atoms with van der Waals surface area (Å²) in [6.45, 7) is 4.77. The number of rotatable bonds is 4. The molecule has 3 aromatic heterocycles. The summed E-state index contributed by atoms with van der Waals surface area (Å²) in [5.74, 6) is 0. The van der Waals surface area contributed by atoms with Crippen LogP contribution in [0.2, 0.25) is 0 Å². The number of thiophene rings is 1. The molecule has 0 unspecified atom stereocenters. The number of nitrogens with zero attached hydrogens (tertiary/aromatic N) is 2. The third kappa shape index (κ3) is 2.93. The summed E-state index contributed by atoms with van der Waals surface area (Å²) in [6, 6.07) is 16.1. The Bertz CT molecular complexity index is 1030. The number of H-pyrrole nitrogens is 1. The van der Waals surface area contributed by atoms with Crippen LogP contribution >= 0.6 is 11.3 Å². The first-order valence-electron chi connectivity index (χ1n) is 9.46. The van der Waals surface area contributed by atoms with E-state index in [0.29, 0.717) is 0 Å². The van der Waals surface area contributed by atoms with Gasteiger partial charge in [0.1, 0.15) is 0 Å². The summed E-state index contributed by atoms with van der Waals surface area (Å²) >= 11 is 1.76. The van der Waals surface area contributed by atoms with Gasteiger partial charge >= 0.3 is 0 Å². The zero-order chi connectivity index (χ0) is 17.5. The monoisotopic (exact) mass is 361 g/mol. The van der Waals surface area contributed by atoms with Gasteiger partial charge in [-0.3, -0.25) is 0 Å². The average Bonchev–Trinajstić information content (AvgIpc) is 3.35. The minimum Gasteiger partial charge on any atom is -0.353 e. The van der Waals surface area contributed by atoms with Gasteiger partial charge in [-0.05, 0) is 74.0 Å². The molecule has 1 aliphatic heterocycles. The van der Waals surface area contributed by atoms with Gasteiger partial charge in [0.15, 0.2) is 0 Å². The van der Waals surface area contributed by atoms with Gasteiger partial charge in [0.2, 0.25) is 0 Å². The summed E-state index contributed by atoms with van der Waals surface area (Å²) in [5, 5.41) is 3.34. The van der Waals surface area contributed by atoms with E-state index in [9.17, 15) is 0 Å². The summed E-state index contributed by atoms with van der Waals surface area (Å²) in [7, 11) is 0. The molecule has 0 bridgehead atoms. The Balaban J connectivity index is 1.38. The van der Waals surface area contributed by atoms with Crippen molar-refractivity contribution in [1.29, 1.82) is 0 Å². The summed E-state index contributed by atoms with van der Waals surface area (Å²) in [6.07, 6.45) is 3.82. The number of hydrogen-bond donors (Lipinski definition) is 1. The van der Waals surface area contributed by atoms with Gasteiger partial charge < -0.3 is 9.88 Å². The van der Waals surface area contributed by atoms with Crippen LogP contribution in [-0.4, -0.2) is 34.0 Å². The van der Waals surface area contributed by atoms with Crippen molar-refractivity contribution in [3.05, 3.63) is 53.4 Å². The maximum Gasteiger partial charge on any atom is 0.0872 e. The minimum atomic E-state index is 0.745. The third-order valence-corrected chi connectivity index (χ3v) is 6.51. The van der Waals surface area contributed by atoms with Crippen LogP contribution in [0.4, 0.5) is 0 Å². The molecule has 0 saturated carbocycles. The van der Waals surface area contributed by atoms with Crippen molar-refractivity contribution in [2.45, 2.75) is 32.2 Å². The maximum absolute atomic E-state index is 4.87. The van der Waals surface area contributed by atoms with Gasteiger partial charge in [0.05, 0.1) is 27.1 Å². The molecule has 26 heavy (non-hydrogen) atoms. The number of hydrogen-bond acceptors (Lipinski definition) is 3. The molecular weight excluding hydrogens is 338 g/mol. The van der Waals surface area contributed by atoms with Crippen LogP contribution < -0.4 is 0 Å². The standard InChI is InChI=1S/C22H23N3S/c1-15-3-2-10-25(15)11-8-16-4-6-18-17(13-16)5-7-19(23-18)21-14-22-20(24-21)9-12-26-22/h4-7,9,12-15,24H,2-3,8,10-11H2,1H3/t15-/m1/s1. The van der Waals surface area contributed by atoms with E-state index in [-0.39, 0.29) is 0 Å². The zero-order valence-electron chi connectivity index (χ0n) is 15.0. The molecule has 0 amide bonds. The lowest BCUT2D eigenvalue weighted by Gasteiger charge is -2.20. The molecule has 4 heteroatoms. The van der Waals surface area contributed by atoms with Crippen LogP contribution in [0.3, 0.4) is 0 Å². The Hall–Kier alpha value is -2.17. The van der Waals surface area contributed by atoms with E-state index in [1.807, 2.05) is 0 Å². The van der Waals surface area contributed by atoms with Crippen molar-refractivity contribution < 1.29 is 0 Å². The Labute approximate surface area is 157 Å². The van der Waals surface area contributed by atoms with Crippen LogP contribution in [0.25, 0.3) is 32.5 Å². The van der Waals surface area contributed by atoms with E-state index in [1.54, 1.807) is 11.3 Å². The second-order valence-electron chi connectivity index (χ2n) is 7.38.